The van der Waals surface area contributed by atoms with E-state index in [0.29, 0.717) is 18.3 Å². The third-order valence-corrected chi connectivity index (χ3v) is 3.69. The zero-order valence-electron chi connectivity index (χ0n) is 10.5. The topological polar surface area (TPSA) is 34.1 Å². The van der Waals surface area contributed by atoms with Gasteiger partial charge >= 0.3 is 0 Å². The van der Waals surface area contributed by atoms with Crippen molar-refractivity contribution in [1.82, 2.24) is 4.98 Å². The number of hydrogen-bond acceptors (Lipinski definition) is 3. The molecule has 3 nitrogen and oxygen atoms in total. The van der Waals surface area contributed by atoms with Crippen molar-refractivity contribution >= 4 is 33.2 Å². The van der Waals surface area contributed by atoms with Crippen molar-refractivity contribution in [3.05, 3.63) is 51.7 Å². The molecule has 0 bridgehead atoms. The van der Waals surface area contributed by atoms with Crippen LogP contribution in [0, 0.1) is 0 Å². The maximum absolute atomic E-state index is 5.86. The second kappa shape index (κ2) is 6.78. The molecule has 0 aliphatic heterocycles. The van der Waals surface area contributed by atoms with E-state index in [0.717, 1.165) is 21.5 Å². The summed E-state index contributed by atoms with van der Waals surface area (Å²) in [5, 5.41) is 3.76. The van der Waals surface area contributed by atoms with Gasteiger partial charge in [0.2, 0.25) is 0 Å². The van der Waals surface area contributed by atoms with Crippen LogP contribution in [0.1, 0.15) is 12.5 Å². The average Bonchev–Trinajstić information content (AvgIpc) is 2.42. The molecule has 1 N–H and O–H groups in total. The Morgan fingerprint density at radius 3 is 2.89 bits per heavy atom. The standard InChI is InChI=1S/C14H14BrClN2O/c1-2-19-13-6-4-3-5-10(13)8-17-11-7-12(15)14(16)18-9-11/h3-7,9,17H,2,8H2,1H3. The average molecular weight is 342 g/mol. The van der Waals surface area contributed by atoms with Crippen molar-refractivity contribution in [3.63, 3.8) is 0 Å². The molecule has 0 radical (unpaired) electrons. The van der Waals surface area contributed by atoms with E-state index in [2.05, 4.69) is 26.2 Å². The van der Waals surface area contributed by atoms with Gasteiger partial charge in [0.05, 0.1) is 23.0 Å². The van der Waals surface area contributed by atoms with E-state index < -0.39 is 0 Å². The Morgan fingerprint density at radius 2 is 2.16 bits per heavy atom. The van der Waals surface area contributed by atoms with Crippen LogP contribution in [0.15, 0.2) is 41.0 Å². The first-order chi connectivity index (χ1) is 9.20. The van der Waals surface area contributed by atoms with E-state index in [9.17, 15) is 0 Å². The molecule has 0 atom stereocenters. The van der Waals surface area contributed by atoms with Crippen LogP contribution in [0.25, 0.3) is 0 Å². The van der Waals surface area contributed by atoms with Gasteiger partial charge < -0.3 is 10.1 Å². The fraction of sp³-hybridized carbons (Fsp3) is 0.214. The molecule has 1 aromatic carbocycles. The van der Waals surface area contributed by atoms with Crippen molar-refractivity contribution in [2.24, 2.45) is 0 Å². The second-order valence-electron chi connectivity index (χ2n) is 3.89. The van der Waals surface area contributed by atoms with Gasteiger partial charge in [-0.05, 0) is 35.0 Å². The number of rotatable bonds is 5. The lowest BCUT2D eigenvalue weighted by atomic mass is 10.2. The predicted molar refractivity (Wildman–Crippen MR) is 81.9 cm³/mol. The Kier molecular flexibility index (Phi) is 5.05. The third kappa shape index (κ3) is 3.85. The largest absolute Gasteiger partial charge is 0.494 e. The number of nitrogens with one attached hydrogen (secondary N) is 1. The van der Waals surface area contributed by atoms with Gasteiger partial charge in [-0.3, -0.25) is 0 Å². The van der Waals surface area contributed by atoms with E-state index in [1.165, 1.54) is 0 Å². The van der Waals surface area contributed by atoms with Crippen molar-refractivity contribution < 1.29 is 4.74 Å². The molecular weight excluding hydrogens is 328 g/mol. The highest BCUT2D eigenvalue weighted by Gasteiger charge is 2.04. The number of aromatic nitrogens is 1. The van der Waals surface area contributed by atoms with Crippen LogP contribution >= 0.6 is 27.5 Å². The smallest absolute Gasteiger partial charge is 0.143 e. The predicted octanol–water partition coefficient (Wildman–Crippen LogP) is 4.51. The first-order valence-corrected chi connectivity index (χ1v) is 7.13. The molecule has 0 aliphatic rings. The van der Waals surface area contributed by atoms with E-state index in [1.54, 1.807) is 6.20 Å². The molecule has 0 saturated carbocycles. The minimum Gasteiger partial charge on any atom is -0.494 e. The van der Waals surface area contributed by atoms with Crippen LogP contribution in [0.2, 0.25) is 5.15 Å². The van der Waals surface area contributed by atoms with Gasteiger partial charge in [-0.25, -0.2) is 4.98 Å². The molecule has 5 heteroatoms. The number of anilines is 1. The summed E-state index contributed by atoms with van der Waals surface area (Å²) in [6.07, 6.45) is 1.70. The van der Waals surface area contributed by atoms with E-state index >= 15 is 0 Å². The lowest BCUT2D eigenvalue weighted by molar-refractivity contribution is 0.337. The SMILES string of the molecule is CCOc1ccccc1CNc1cnc(Cl)c(Br)c1. The van der Waals surface area contributed by atoms with Crippen molar-refractivity contribution in [3.8, 4) is 5.75 Å². The summed E-state index contributed by atoms with van der Waals surface area (Å²) in [6, 6.07) is 9.87. The van der Waals surface area contributed by atoms with E-state index in [4.69, 9.17) is 16.3 Å². The second-order valence-corrected chi connectivity index (χ2v) is 5.10. The summed E-state index contributed by atoms with van der Waals surface area (Å²) in [5.74, 6) is 0.901. The van der Waals surface area contributed by atoms with E-state index in [-0.39, 0.29) is 0 Å². The minimum absolute atomic E-state index is 0.459. The normalized spacial score (nSPS) is 10.3. The summed E-state index contributed by atoms with van der Waals surface area (Å²) in [7, 11) is 0. The Morgan fingerprint density at radius 1 is 1.37 bits per heavy atom. The van der Waals surface area contributed by atoms with Crippen molar-refractivity contribution in [2.45, 2.75) is 13.5 Å². The van der Waals surface area contributed by atoms with Crippen LogP contribution in [-0.4, -0.2) is 11.6 Å². The molecule has 0 spiro atoms. The Hall–Kier alpha value is -1.26. The molecule has 1 heterocycles. The molecule has 0 unspecified atom stereocenters. The number of halogens is 2. The van der Waals surface area contributed by atoms with Gasteiger partial charge in [0, 0.05) is 12.1 Å². The molecule has 2 aromatic rings. The molecule has 2 rings (SSSR count). The number of nitrogens with zero attached hydrogens (tertiary/aromatic N) is 1. The van der Waals surface area contributed by atoms with Crippen LogP contribution in [0.5, 0.6) is 5.75 Å². The summed E-state index contributed by atoms with van der Waals surface area (Å²) >= 11 is 9.21. The third-order valence-electron chi connectivity index (χ3n) is 2.55. The highest BCUT2D eigenvalue weighted by Crippen LogP contribution is 2.24. The number of ether oxygens (including phenoxy) is 1. The Balaban J connectivity index is 2.07. The van der Waals surface area contributed by atoms with E-state index in [1.807, 2.05) is 37.3 Å². The van der Waals surface area contributed by atoms with Gasteiger partial charge in [0.15, 0.2) is 0 Å². The maximum atomic E-state index is 5.86. The molecular formula is C14H14BrClN2O. The molecule has 0 aliphatic carbocycles. The quantitative estimate of drug-likeness (QED) is 0.813. The number of benzene rings is 1. The zero-order valence-corrected chi connectivity index (χ0v) is 12.8. The lowest BCUT2D eigenvalue weighted by Gasteiger charge is -2.11. The van der Waals surface area contributed by atoms with Crippen LogP contribution in [0.3, 0.4) is 0 Å². The van der Waals surface area contributed by atoms with Gasteiger partial charge in [0.1, 0.15) is 10.9 Å². The molecule has 100 valence electrons. The number of pyridine rings is 1. The first-order valence-electron chi connectivity index (χ1n) is 5.96. The highest BCUT2D eigenvalue weighted by atomic mass is 79.9. The summed E-state index contributed by atoms with van der Waals surface area (Å²) in [4.78, 5) is 4.07. The summed E-state index contributed by atoms with van der Waals surface area (Å²) in [6.45, 7) is 3.31. The molecule has 0 amide bonds. The fourth-order valence-electron chi connectivity index (χ4n) is 1.66. The van der Waals surface area contributed by atoms with Crippen molar-refractivity contribution in [1.29, 1.82) is 0 Å². The zero-order chi connectivity index (χ0) is 13.7. The number of hydrogen-bond donors (Lipinski definition) is 1. The Bertz CT molecular complexity index is 563. The van der Waals surface area contributed by atoms with Gasteiger partial charge in [-0.1, -0.05) is 29.8 Å². The minimum atomic E-state index is 0.459. The van der Waals surface area contributed by atoms with Gasteiger partial charge in [-0.15, -0.1) is 0 Å². The Labute approximate surface area is 126 Å². The van der Waals surface area contributed by atoms with Crippen LogP contribution in [0.4, 0.5) is 5.69 Å². The molecule has 1 aromatic heterocycles. The van der Waals surface area contributed by atoms with Crippen LogP contribution in [-0.2, 0) is 6.54 Å². The summed E-state index contributed by atoms with van der Waals surface area (Å²) < 4.78 is 6.36. The molecule has 0 saturated heterocycles. The maximum Gasteiger partial charge on any atom is 0.143 e. The first kappa shape index (κ1) is 14.2. The number of para-hydroxylation sites is 1. The molecule has 19 heavy (non-hydrogen) atoms. The fourth-order valence-corrected chi connectivity index (χ4v) is 2.11. The monoisotopic (exact) mass is 340 g/mol. The highest BCUT2D eigenvalue weighted by molar-refractivity contribution is 9.10. The molecule has 0 fully saturated rings. The van der Waals surface area contributed by atoms with Crippen molar-refractivity contribution in [2.75, 3.05) is 11.9 Å². The van der Waals surface area contributed by atoms with Gasteiger partial charge in [-0.2, -0.15) is 0 Å². The van der Waals surface area contributed by atoms with Crippen LogP contribution < -0.4 is 10.1 Å². The summed E-state index contributed by atoms with van der Waals surface area (Å²) in [5.41, 5.74) is 2.01. The van der Waals surface area contributed by atoms with Gasteiger partial charge in [0.25, 0.3) is 0 Å². The lowest BCUT2D eigenvalue weighted by Crippen LogP contribution is -2.03.